The SMILES string of the molecule is CC(C)c1nn2c(=O)cc(CSc3ccccc3NC(=O)c3ccc(F)cc3)nc2s1. The molecule has 0 aliphatic rings. The molecule has 1 N–H and O–H groups in total. The van der Waals surface area contributed by atoms with Crippen molar-refractivity contribution in [1.82, 2.24) is 14.6 Å². The smallest absolute Gasteiger partial charge is 0.275 e. The van der Waals surface area contributed by atoms with Crippen molar-refractivity contribution < 1.29 is 9.18 Å². The van der Waals surface area contributed by atoms with Crippen LogP contribution >= 0.6 is 23.1 Å². The molecule has 1 amide bonds. The zero-order valence-corrected chi connectivity index (χ0v) is 18.5. The number of fused-ring (bicyclic) bond motifs is 1. The molecule has 2 aromatic carbocycles. The number of hydrogen-bond acceptors (Lipinski definition) is 6. The predicted molar refractivity (Wildman–Crippen MR) is 122 cm³/mol. The molecule has 0 saturated carbocycles. The number of carbonyl (C=O) groups excluding carboxylic acids is 1. The summed E-state index contributed by atoms with van der Waals surface area (Å²) in [5.41, 5.74) is 1.45. The highest BCUT2D eigenvalue weighted by Gasteiger charge is 2.13. The van der Waals surface area contributed by atoms with Crippen LogP contribution in [0.4, 0.5) is 10.1 Å². The zero-order valence-electron chi connectivity index (χ0n) is 16.8. The van der Waals surface area contributed by atoms with Crippen molar-refractivity contribution in [2.24, 2.45) is 0 Å². The van der Waals surface area contributed by atoms with Gasteiger partial charge in [-0.15, -0.1) is 11.8 Å². The maximum atomic E-state index is 13.1. The van der Waals surface area contributed by atoms with Crippen molar-refractivity contribution in [2.45, 2.75) is 30.4 Å². The number of amides is 1. The van der Waals surface area contributed by atoms with Crippen molar-refractivity contribution in [2.75, 3.05) is 5.32 Å². The summed E-state index contributed by atoms with van der Waals surface area (Å²) in [7, 11) is 0. The molecule has 4 aromatic rings. The fourth-order valence-electron chi connectivity index (χ4n) is 2.82. The highest BCUT2D eigenvalue weighted by Crippen LogP contribution is 2.30. The van der Waals surface area contributed by atoms with Crippen LogP contribution in [0.25, 0.3) is 4.96 Å². The third-order valence-corrected chi connectivity index (χ3v) is 6.74. The summed E-state index contributed by atoms with van der Waals surface area (Å²) in [5, 5.41) is 8.06. The van der Waals surface area contributed by atoms with Crippen LogP contribution in [0.15, 0.2) is 64.3 Å². The average molecular weight is 455 g/mol. The lowest BCUT2D eigenvalue weighted by Crippen LogP contribution is -2.15. The molecule has 6 nitrogen and oxygen atoms in total. The van der Waals surface area contributed by atoms with Gasteiger partial charge in [-0.1, -0.05) is 37.3 Å². The molecule has 0 fully saturated rings. The first-order valence-electron chi connectivity index (χ1n) is 9.59. The average Bonchev–Trinajstić information content (AvgIpc) is 3.19. The molecule has 4 rings (SSSR count). The van der Waals surface area contributed by atoms with Gasteiger partial charge in [-0.25, -0.2) is 9.37 Å². The lowest BCUT2D eigenvalue weighted by atomic mass is 10.2. The zero-order chi connectivity index (χ0) is 22.0. The first-order chi connectivity index (χ1) is 14.9. The Labute approximate surface area is 186 Å². The molecule has 9 heteroatoms. The molecular weight excluding hydrogens is 435 g/mol. The Morgan fingerprint density at radius 2 is 1.94 bits per heavy atom. The number of thioether (sulfide) groups is 1. The lowest BCUT2D eigenvalue weighted by molar-refractivity contribution is 0.102. The van der Waals surface area contributed by atoms with Crippen LogP contribution in [0.3, 0.4) is 0 Å². The second kappa shape index (κ2) is 8.99. The molecule has 0 saturated heterocycles. The molecule has 0 aliphatic heterocycles. The number of nitrogens with one attached hydrogen (secondary N) is 1. The summed E-state index contributed by atoms with van der Waals surface area (Å²) in [6.45, 7) is 4.05. The van der Waals surface area contributed by atoms with Crippen LogP contribution in [0.2, 0.25) is 0 Å². The van der Waals surface area contributed by atoms with Crippen LogP contribution in [-0.2, 0) is 5.75 Å². The number of halogens is 1. The number of nitrogens with zero attached hydrogens (tertiary/aromatic N) is 3. The monoisotopic (exact) mass is 454 g/mol. The van der Waals surface area contributed by atoms with Gasteiger partial charge in [0, 0.05) is 28.2 Å². The maximum absolute atomic E-state index is 13.1. The summed E-state index contributed by atoms with van der Waals surface area (Å²) >= 11 is 2.88. The number of anilines is 1. The Morgan fingerprint density at radius 3 is 2.68 bits per heavy atom. The van der Waals surface area contributed by atoms with Gasteiger partial charge in [0.05, 0.1) is 11.4 Å². The van der Waals surface area contributed by atoms with Crippen LogP contribution in [0, 0.1) is 5.82 Å². The van der Waals surface area contributed by atoms with Gasteiger partial charge in [-0.3, -0.25) is 9.59 Å². The molecule has 0 spiro atoms. The third-order valence-electron chi connectivity index (χ3n) is 4.42. The van der Waals surface area contributed by atoms with Gasteiger partial charge in [0.25, 0.3) is 11.5 Å². The fourth-order valence-corrected chi connectivity index (χ4v) is 4.65. The summed E-state index contributed by atoms with van der Waals surface area (Å²) in [6.07, 6.45) is 0. The van der Waals surface area contributed by atoms with E-state index in [9.17, 15) is 14.0 Å². The van der Waals surface area contributed by atoms with Crippen LogP contribution in [0.1, 0.15) is 40.8 Å². The van der Waals surface area contributed by atoms with Crippen LogP contribution < -0.4 is 10.9 Å². The van der Waals surface area contributed by atoms with E-state index in [4.69, 9.17) is 0 Å². The van der Waals surface area contributed by atoms with Gasteiger partial charge in [0.1, 0.15) is 10.8 Å². The van der Waals surface area contributed by atoms with E-state index in [1.807, 2.05) is 32.0 Å². The van der Waals surface area contributed by atoms with Gasteiger partial charge >= 0.3 is 0 Å². The molecule has 0 radical (unpaired) electrons. The highest BCUT2D eigenvalue weighted by molar-refractivity contribution is 7.98. The van der Waals surface area contributed by atoms with E-state index >= 15 is 0 Å². The van der Waals surface area contributed by atoms with Crippen molar-refractivity contribution in [1.29, 1.82) is 0 Å². The molecule has 0 atom stereocenters. The standard InChI is InChI=1S/C22H19FN4O2S2/c1-13(2)21-26-27-19(28)11-16(24-22(27)31-21)12-30-18-6-4-3-5-17(18)25-20(29)14-7-9-15(23)10-8-14/h3-11,13H,12H2,1-2H3,(H,25,29). The summed E-state index contributed by atoms with van der Waals surface area (Å²) < 4.78 is 14.4. The van der Waals surface area contributed by atoms with E-state index in [0.29, 0.717) is 27.7 Å². The van der Waals surface area contributed by atoms with E-state index in [1.54, 1.807) is 6.07 Å². The largest absolute Gasteiger partial charge is 0.321 e. The number of benzene rings is 2. The van der Waals surface area contributed by atoms with Crippen molar-refractivity contribution in [3.63, 3.8) is 0 Å². The Bertz CT molecular complexity index is 1300. The van der Waals surface area contributed by atoms with Crippen molar-refractivity contribution in [3.05, 3.63) is 87.0 Å². The van der Waals surface area contributed by atoms with E-state index in [1.165, 1.54) is 57.9 Å². The summed E-state index contributed by atoms with van der Waals surface area (Å²) in [6, 6.07) is 14.3. The number of carbonyl (C=O) groups is 1. The molecular formula is C22H19FN4O2S2. The molecule has 2 aromatic heterocycles. The number of rotatable bonds is 6. The molecule has 158 valence electrons. The second-order valence-corrected chi connectivity index (χ2v) is 9.13. The fraction of sp³-hybridized carbons (Fsp3) is 0.182. The molecule has 0 aliphatic carbocycles. The van der Waals surface area contributed by atoms with E-state index < -0.39 is 5.82 Å². The van der Waals surface area contributed by atoms with E-state index in [2.05, 4.69) is 15.4 Å². The minimum Gasteiger partial charge on any atom is -0.321 e. The summed E-state index contributed by atoms with van der Waals surface area (Å²) in [5.74, 6) is -0.0315. The Balaban J connectivity index is 1.52. The van der Waals surface area contributed by atoms with Gasteiger partial charge < -0.3 is 5.32 Å². The number of aromatic nitrogens is 3. The molecule has 0 unspecified atom stereocenters. The van der Waals surface area contributed by atoms with E-state index in [-0.39, 0.29) is 17.4 Å². The van der Waals surface area contributed by atoms with Crippen molar-refractivity contribution in [3.8, 4) is 0 Å². The molecule has 0 bridgehead atoms. The Kier molecular flexibility index (Phi) is 6.15. The van der Waals surface area contributed by atoms with E-state index in [0.717, 1.165) is 9.90 Å². The topological polar surface area (TPSA) is 76.4 Å². The van der Waals surface area contributed by atoms with Gasteiger partial charge in [-0.05, 0) is 36.4 Å². The maximum Gasteiger partial charge on any atom is 0.275 e. The summed E-state index contributed by atoms with van der Waals surface area (Å²) in [4.78, 5) is 30.9. The minimum atomic E-state index is -0.394. The van der Waals surface area contributed by atoms with Gasteiger partial charge in [-0.2, -0.15) is 9.61 Å². The first-order valence-corrected chi connectivity index (χ1v) is 11.4. The number of hydrogen-bond donors (Lipinski definition) is 1. The predicted octanol–water partition coefficient (Wildman–Crippen LogP) is 4.96. The Morgan fingerprint density at radius 1 is 1.19 bits per heavy atom. The van der Waals surface area contributed by atoms with Crippen LogP contribution in [0.5, 0.6) is 0 Å². The molecule has 31 heavy (non-hydrogen) atoms. The van der Waals surface area contributed by atoms with Crippen molar-refractivity contribution >= 4 is 39.7 Å². The Hall–Kier alpha value is -3.04. The molecule has 2 heterocycles. The quantitative estimate of drug-likeness (QED) is 0.417. The lowest BCUT2D eigenvalue weighted by Gasteiger charge is -2.10. The normalized spacial score (nSPS) is 11.2. The van der Waals surface area contributed by atoms with Gasteiger partial charge in [0.15, 0.2) is 0 Å². The highest BCUT2D eigenvalue weighted by atomic mass is 32.2. The van der Waals surface area contributed by atoms with Gasteiger partial charge in [0.2, 0.25) is 4.96 Å². The first kappa shape index (κ1) is 21.2. The number of para-hydroxylation sites is 1. The van der Waals surface area contributed by atoms with Crippen LogP contribution in [-0.4, -0.2) is 20.5 Å². The second-order valence-electron chi connectivity index (χ2n) is 7.12. The third kappa shape index (κ3) is 4.83. The minimum absolute atomic E-state index is 0.207.